The van der Waals surface area contributed by atoms with Gasteiger partial charge in [0.15, 0.2) is 9.84 Å². The van der Waals surface area contributed by atoms with Gasteiger partial charge in [-0.15, -0.1) is 0 Å². The van der Waals surface area contributed by atoms with Crippen LogP contribution in [0.4, 0.5) is 5.69 Å². The first-order valence-electron chi connectivity index (χ1n) is 7.89. The zero-order valence-corrected chi connectivity index (χ0v) is 15.3. The summed E-state index contributed by atoms with van der Waals surface area (Å²) in [7, 11) is -1.63. The van der Waals surface area contributed by atoms with E-state index < -0.39 is 27.7 Å². The minimum absolute atomic E-state index is 0.0593. The molecular weight excluding hydrogens is 328 g/mol. The van der Waals surface area contributed by atoms with E-state index in [1.54, 1.807) is 12.1 Å². The van der Waals surface area contributed by atoms with Gasteiger partial charge in [0.2, 0.25) is 0 Å². The predicted molar refractivity (Wildman–Crippen MR) is 93.6 cm³/mol. The monoisotopic (exact) mass is 352 g/mol. The van der Waals surface area contributed by atoms with Crippen LogP contribution in [0.2, 0.25) is 0 Å². The van der Waals surface area contributed by atoms with Crippen LogP contribution in [0, 0.1) is 0 Å². The number of hydrogen-bond donors (Lipinski definition) is 1. The summed E-state index contributed by atoms with van der Waals surface area (Å²) in [5.74, 6) is -1.50. The average Bonchev–Trinajstić information content (AvgIpc) is 2.85. The molecule has 1 N–H and O–H groups in total. The van der Waals surface area contributed by atoms with Crippen molar-refractivity contribution in [2.24, 2.45) is 0 Å². The van der Waals surface area contributed by atoms with E-state index in [0.717, 1.165) is 5.56 Å². The van der Waals surface area contributed by atoms with Crippen LogP contribution in [0.3, 0.4) is 0 Å². The summed E-state index contributed by atoms with van der Waals surface area (Å²) in [5.41, 5.74) is 1.34. The Morgan fingerprint density at radius 1 is 1.21 bits per heavy atom. The molecular formula is C17H24N2O4S. The topological polar surface area (TPSA) is 83.6 Å². The Hall–Kier alpha value is -1.89. The van der Waals surface area contributed by atoms with Crippen molar-refractivity contribution in [2.45, 2.75) is 38.6 Å². The summed E-state index contributed by atoms with van der Waals surface area (Å²) in [5, 5.41) is 2.66. The smallest absolute Gasteiger partial charge is 0.313 e. The van der Waals surface area contributed by atoms with Gasteiger partial charge in [0, 0.05) is 18.8 Å². The molecule has 0 aliphatic carbocycles. The maximum atomic E-state index is 12.3. The second-order valence-corrected chi connectivity index (χ2v) is 9.45. The molecule has 1 aliphatic rings. The molecule has 1 aromatic carbocycles. The molecule has 2 rings (SSSR count). The van der Waals surface area contributed by atoms with Gasteiger partial charge in [0.25, 0.3) is 0 Å². The minimum atomic E-state index is -3.11. The Morgan fingerprint density at radius 3 is 2.38 bits per heavy atom. The van der Waals surface area contributed by atoms with Crippen LogP contribution >= 0.6 is 0 Å². The molecule has 1 saturated heterocycles. The standard InChI is InChI=1S/C17H24N2O4S/c1-17(2,3)13-7-5-6-8-14(13)18-15(20)16(21)19(4)12-9-10-24(22,23)11-12/h5-8,12H,9-11H2,1-4H3,(H,18,20). The highest BCUT2D eigenvalue weighted by atomic mass is 32.2. The number of benzene rings is 1. The molecule has 0 bridgehead atoms. The first kappa shape index (κ1) is 18.4. The third-order valence-corrected chi connectivity index (χ3v) is 6.00. The second kappa shape index (κ2) is 6.55. The lowest BCUT2D eigenvalue weighted by molar-refractivity contribution is -0.143. The molecule has 0 spiro atoms. The first-order chi connectivity index (χ1) is 11.0. The summed E-state index contributed by atoms with van der Waals surface area (Å²) in [4.78, 5) is 25.9. The number of hydrogen-bond acceptors (Lipinski definition) is 4. The Morgan fingerprint density at radius 2 is 1.83 bits per heavy atom. The van der Waals surface area contributed by atoms with Crippen LogP contribution in [0.15, 0.2) is 24.3 Å². The van der Waals surface area contributed by atoms with Gasteiger partial charge in [-0.2, -0.15) is 0 Å². The van der Waals surface area contributed by atoms with Crippen molar-refractivity contribution in [3.8, 4) is 0 Å². The number of carbonyl (C=O) groups is 2. The highest BCUT2D eigenvalue weighted by molar-refractivity contribution is 7.91. The average molecular weight is 352 g/mol. The quantitative estimate of drug-likeness (QED) is 0.819. The lowest BCUT2D eigenvalue weighted by atomic mass is 9.86. The van der Waals surface area contributed by atoms with E-state index >= 15 is 0 Å². The molecule has 132 valence electrons. The molecule has 1 fully saturated rings. The fourth-order valence-corrected chi connectivity index (χ4v) is 4.60. The zero-order valence-electron chi connectivity index (χ0n) is 14.5. The number of rotatable bonds is 2. The van der Waals surface area contributed by atoms with E-state index in [1.807, 2.05) is 32.9 Å². The fourth-order valence-electron chi connectivity index (χ4n) is 2.83. The van der Waals surface area contributed by atoms with Crippen LogP contribution in [0.1, 0.15) is 32.8 Å². The Kier molecular flexibility index (Phi) is 5.03. The van der Waals surface area contributed by atoms with Gasteiger partial charge in [-0.1, -0.05) is 39.0 Å². The van der Waals surface area contributed by atoms with Crippen molar-refractivity contribution >= 4 is 27.3 Å². The molecule has 1 unspecified atom stereocenters. The summed E-state index contributed by atoms with van der Waals surface area (Å²) in [6.07, 6.45) is 0.371. The molecule has 24 heavy (non-hydrogen) atoms. The van der Waals surface area contributed by atoms with E-state index in [0.29, 0.717) is 12.1 Å². The van der Waals surface area contributed by atoms with Gasteiger partial charge >= 0.3 is 11.8 Å². The van der Waals surface area contributed by atoms with E-state index in [9.17, 15) is 18.0 Å². The minimum Gasteiger partial charge on any atom is -0.333 e. The fraction of sp³-hybridized carbons (Fsp3) is 0.529. The van der Waals surface area contributed by atoms with Crippen LogP contribution in [-0.4, -0.2) is 49.7 Å². The van der Waals surface area contributed by atoms with Gasteiger partial charge in [0.05, 0.1) is 11.5 Å². The lowest BCUT2D eigenvalue weighted by Crippen LogP contribution is -2.44. The van der Waals surface area contributed by atoms with Crippen molar-refractivity contribution in [3.63, 3.8) is 0 Å². The molecule has 6 nitrogen and oxygen atoms in total. The molecule has 0 radical (unpaired) electrons. The van der Waals surface area contributed by atoms with Gasteiger partial charge in [-0.25, -0.2) is 8.42 Å². The van der Waals surface area contributed by atoms with Gasteiger partial charge in [0.1, 0.15) is 0 Å². The molecule has 1 heterocycles. The van der Waals surface area contributed by atoms with Crippen molar-refractivity contribution < 1.29 is 18.0 Å². The highest BCUT2D eigenvalue weighted by Gasteiger charge is 2.35. The summed E-state index contributed by atoms with van der Waals surface area (Å²) in [6.45, 7) is 6.07. The first-order valence-corrected chi connectivity index (χ1v) is 9.71. The zero-order chi connectivity index (χ0) is 18.1. The third-order valence-electron chi connectivity index (χ3n) is 4.25. The van der Waals surface area contributed by atoms with Crippen molar-refractivity contribution in [1.82, 2.24) is 4.90 Å². The normalized spacial score (nSPS) is 19.8. The predicted octanol–water partition coefficient (Wildman–Crippen LogP) is 1.57. The van der Waals surface area contributed by atoms with Gasteiger partial charge in [-0.05, 0) is 23.5 Å². The number of nitrogens with zero attached hydrogens (tertiary/aromatic N) is 1. The number of anilines is 1. The number of sulfone groups is 1. The van der Waals surface area contributed by atoms with Crippen LogP contribution in [0.5, 0.6) is 0 Å². The maximum absolute atomic E-state index is 12.3. The summed E-state index contributed by atoms with van der Waals surface area (Å²) < 4.78 is 23.1. The molecule has 0 aromatic heterocycles. The van der Waals surface area contributed by atoms with Crippen LogP contribution in [0.25, 0.3) is 0 Å². The molecule has 1 aromatic rings. The van der Waals surface area contributed by atoms with E-state index in [4.69, 9.17) is 0 Å². The third kappa shape index (κ3) is 4.14. The van der Waals surface area contributed by atoms with Gasteiger partial charge < -0.3 is 10.2 Å². The molecule has 1 aliphatic heterocycles. The maximum Gasteiger partial charge on any atom is 0.313 e. The van der Waals surface area contributed by atoms with Gasteiger partial charge in [-0.3, -0.25) is 9.59 Å². The molecule has 2 amide bonds. The number of likely N-dealkylation sites (N-methyl/N-ethyl adjacent to an activating group) is 1. The van der Waals surface area contributed by atoms with Crippen LogP contribution in [-0.2, 0) is 24.8 Å². The molecule has 7 heteroatoms. The largest absolute Gasteiger partial charge is 0.333 e. The SMILES string of the molecule is CN(C(=O)C(=O)Nc1ccccc1C(C)(C)C)C1CCS(=O)(=O)C1. The summed E-state index contributed by atoms with van der Waals surface area (Å²) in [6, 6.07) is 6.90. The van der Waals surface area contributed by atoms with E-state index in [1.165, 1.54) is 11.9 Å². The van der Waals surface area contributed by atoms with Crippen LogP contribution < -0.4 is 5.32 Å². The van der Waals surface area contributed by atoms with Crippen molar-refractivity contribution in [3.05, 3.63) is 29.8 Å². The van der Waals surface area contributed by atoms with Crippen molar-refractivity contribution in [2.75, 3.05) is 23.9 Å². The Balaban J connectivity index is 2.12. The number of nitrogens with one attached hydrogen (secondary N) is 1. The Bertz CT molecular complexity index is 750. The number of para-hydroxylation sites is 1. The number of amides is 2. The van der Waals surface area contributed by atoms with E-state index in [-0.39, 0.29) is 16.9 Å². The second-order valence-electron chi connectivity index (χ2n) is 7.22. The van der Waals surface area contributed by atoms with E-state index in [2.05, 4.69) is 5.32 Å². The van der Waals surface area contributed by atoms with Crippen molar-refractivity contribution in [1.29, 1.82) is 0 Å². The Labute approximate surface area is 143 Å². The highest BCUT2D eigenvalue weighted by Crippen LogP contribution is 2.29. The molecule has 1 atom stereocenters. The summed E-state index contributed by atoms with van der Waals surface area (Å²) >= 11 is 0. The molecule has 0 saturated carbocycles. The lowest BCUT2D eigenvalue weighted by Gasteiger charge is -2.25. The number of carbonyl (C=O) groups excluding carboxylic acids is 2.